The van der Waals surface area contributed by atoms with Gasteiger partial charge in [0.15, 0.2) is 0 Å². The molecular weight excluding hydrogens is 308 g/mol. The molecule has 3 nitrogen and oxygen atoms in total. The highest BCUT2D eigenvalue weighted by Gasteiger charge is 2.53. The maximum absolute atomic E-state index is 15.1. The van der Waals surface area contributed by atoms with Crippen molar-refractivity contribution in [2.75, 3.05) is 7.05 Å². The van der Waals surface area contributed by atoms with E-state index in [4.69, 9.17) is 5.41 Å². The molecule has 1 unspecified atom stereocenters. The Morgan fingerprint density at radius 3 is 2.62 bits per heavy atom. The Balaban J connectivity index is 2.19. The molecule has 2 aliphatic carbocycles. The second kappa shape index (κ2) is 5.94. The number of aromatic nitrogens is 1. The predicted molar refractivity (Wildman–Crippen MR) is 94.4 cm³/mol. The molecule has 1 atom stereocenters. The summed E-state index contributed by atoms with van der Waals surface area (Å²) in [5.74, 6) is -3.26. The van der Waals surface area contributed by atoms with Gasteiger partial charge in [-0.3, -0.25) is 4.99 Å². The van der Waals surface area contributed by atoms with Crippen molar-refractivity contribution < 1.29 is 8.78 Å². The Kier molecular flexibility index (Phi) is 4.22. The lowest BCUT2D eigenvalue weighted by atomic mass is 9.91. The Labute approximate surface area is 142 Å². The van der Waals surface area contributed by atoms with Gasteiger partial charge in [0.2, 0.25) is 0 Å². The van der Waals surface area contributed by atoms with Crippen LogP contribution < -0.4 is 0 Å². The monoisotopic (exact) mass is 333 g/mol. The van der Waals surface area contributed by atoms with Gasteiger partial charge in [-0.15, -0.1) is 0 Å². The fourth-order valence-corrected chi connectivity index (χ4v) is 3.83. The number of halogens is 2. The molecule has 1 saturated carbocycles. The number of allylic oxidation sites excluding steroid dienone is 2. The van der Waals surface area contributed by atoms with E-state index in [0.717, 1.165) is 18.5 Å². The van der Waals surface area contributed by atoms with E-state index in [1.807, 2.05) is 18.5 Å². The van der Waals surface area contributed by atoms with Gasteiger partial charge in [-0.1, -0.05) is 13.3 Å². The molecule has 2 aliphatic rings. The van der Waals surface area contributed by atoms with E-state index in [0.29, 0.717) is 41.4 Å². The van der Waals surface area contributed by atoms with Crippen LogP contribution >= 0.6 is 0 Å². The van der Waals surface area contributed by atoms with Gasteiger partial charge in [-0.25, -0.2) is 8.78 Å². The van der Waals surface area contributed by atoms with Gasteiger partial charge in [0.05, 0.1) is 23.0 Å². The van der Waals surface area contributed by atoms with Crippen molar-refractivity contribution in [1.82, 2.24) is 4.57 Å². The summed E-state index contributed by atoms with van der Waals surface area (Å²) >= 11 is 0. The average molecular weight is 333 g/mol. The van der Waals surface area contributed by atoms with Gasteiger partial charge in [0.1, 0.15) is 0 Å². The lowest BCUT2D eigenvalue weighted by Gasteiger charge is -2.21. The first-order valence-corrected chi connectivity index (χ1v) is 8.65. The quantitative estimate of drug-likeness (QED) is 0.743. The van der Waals surface area contributed by atoms with Crippen molar-refractivity contribution in [3.05, 3.63) is 29.1 Å². The van der Waals surface area contributed by atoms with Crippen LogP contribution in [-0.4, -0.2) is 23.0 Å². The smallest absolute Gasteiger partial charge is 0.282 e. The number of hydrogen-bond acceptors (Lipinski definition) is 2. The molecule has 0 radical (unpaired) electrons. The Morgan fingerprint density at radius 1 is 1.46 bits per heavy atom. The first-order chi connectivity index (χ1) is 11.3. The van der Waals surface area contributed by atoms with Crippen molar-refractivity contribution in [2.45, 2.75) is 51.4 Å². The van der Waals surface area contributed by atoms with Gasteiger partial charge in [-0.05, 0) is 49.8 Å². The van der Waals surface area contributed by atoms with Crippen molar-refractivity contribution in [2.24, 2.45) is 18.0 Å². The first kappa shape index (κ1) is 17.1. The highest BCUT2D eigenvalue weighted by Crippen LogP contribution is 2.56. The van der Waals surface area contributed by atoms with Crippen molar-refractivity contribution >= 4 is 17.0 Å². The van der Waals surface area contributed by atoms with E-state index in [1.54, 1.807) is 26.1 Å². The van der Waals surface area contributed by atoms with Gasteiger partial charge in [0, 0.05) is 25.4 Å². The highest BCUT2D eigenvalue weighted by molar-refractivity contribution is 6.45. The van der Waals surface area contributed by atoms with Crippen LogP contribution in [0.25, 0.3) is 5.57 Å². The van der Waals surface area contributed by atoms with Crippen molar-refractivity contribution in [3.63, 3.8) is 0 Å². The Hall–Kier alpha value is -1.78. The van der Waals surface area contributed by atoms with Crippen LogP contribution in [0.4, 0.5) is 8.78 Å². The number of nitrogens with zero attached hydrogens (tertiary/aromatic N) is 2. The second-order valence-electron chi connectivity index (χ2n) is 6.96. The number of alkyl halides is 2. The van der Waals surface area contributed by atoms with Gasteiger partial charge in [0.25, 0.3) is 5.92 Å². The zero-order chi connectivity index (χ0) is 17.6. The number of fused-ring (bicyclic) bond motifs is 1. The normalized spacial score (nSPS) is 24.5. The largest absolute Gasteiger partial charge is 0.347 e. The average Bonchev–Trinajstić information content (AvgIpc) is 3.26. The number of rotatable bonds is 5. The molecular formula is C19H25F2N3. The summed E-state index contributed by atoms with van der Waals surface area (Å²) in [6, 6.07) is 1.72. The number of nitrogens with one attached hydrogen (secondary N) is 1. The third-order valence-corrected chi connectivity index (χ3v) is 5.21. The van der Waals surface area contributed by atoms with E-state index in [1.165, 1.54) is 0 Å². The summed E-state index contributed by atoms with van der Waals surface area (Å²) in [5, 5.41) is 7.83. The molecule has 0 bridgehead atoms. The summed E-state index contributed by atoms with van der Waals surface area (Å²) in [6.45, 7) is 3.58. The van der Waals surface area contributed by atoms with Gasteiger partial charge in [-0.2, -0.15) is 0 Å². The Morgan fingerprint density at radius 2 is 2.12 bits per heavy atom. The molecule has 1 aromatic rings. The van der Waals surface area contributed by atoms with E-state index in [9.17, 15) is 0 Å². The minimum Gasteiger partial charge on any atom is -0.347 e. The molecule has 1 aromatic heterocycles. The van der Waals surface area contributed by atoms with Crippen molar-refractivity contribution in [3.8, 4) is 0 Å². The fraction of sp³-hybridized carbons (Fsp3) is 0.579. The summed E-state index contributed by atoms with van der Waals surface area (Å²) in [5.41, 5.74) is 3.23. The lowest BCUT2D eigenvalue weighted by molar-refractivity contribution is -0.0386. The highest BCUT2D eigenvalue weighted by atomic mass is 19.3. The van der Waals surface area contributed by atoms with E-state index in [-0.39, 0.29) is 5.56 Å². The molecule has 0 amide bonds. The zero-order valence-electron chi connectivity index (χ0n) is 14.8. The van der Waals surface area contributed by atoms with Crippen LogP contribution in [0.15, 0.2) is 17.1 Å². The van der Waals surface area contributed by atoms with Crippen LogP contribution in [-0.2, 0) is 13.0 Å². The van der Waals surface area contributed by atoms with Crippen molar-refractivity contribution in [1.29, 1.82) is 5.41 Å². The van der Waals surface area contributed by atoms with Gasteiger partial charge >= 0.3 is 0 Å². The first-order valence-electron chi connectivity index (χ1n) is 8.65. The minimum atomic E-state index is -2.85. The number of aliphatic imine (C=N–C) groups is 1. The SMILES string of the molecule is CCCC1C(=CC(=NC)C(C)=N)c2c(cc(C3CC3)n2C)C1(F)F. The molecule has 1 fully saturated rings. The topological polar surface area (TPSA) is 41.1 Å². The standard InChI is InChI=1S/C19H25F2N3/c1-5-6-14-13(9-16(23-3)11(2)22)18-15(19(14,20)21)10-17(24(18)4)12-7-8-12/h9-10,12,14,22H,5-8H2,1-4H3. The number of hydrogen-bond donors (Lipinski definition) is 1. The summed E-state index contributed by atoms with van der Waals surface area (Å²) < 4.78 is 32.2. The predicted octanol–water partition coefficient (Wildman–Crippen LogP) is 4.92. The lowest BCUT2D eigenvalue weighted by Crippen LogP contribution is -2.21. The fourth-order valence-electron chi connectivity index (χ4n) is 3.83. The Bertz CT molecular complexity index is 736. The van der Waals surface area contributed by atoms with Crippen LogP contribution in [0.2, 0.25) is 0 Å². The molecule has 130 valence electrons. The molecule has 1 heterocycles. The second-order valence-corrected chi connectivity index (χ2v) is 6.96. The van der Waals surface area contributed by atoms with Crippen LogP contribution in [0, 0.1) is 11.3 Å². The molecule has 24 heavy (non-hydrogen) atoms. The molecule has 0 spiro atoms. The summed E-state index contributed by atoms with van der Waals surface area (Å²) in [6.07, 6.45) is 5.00. The minimum absolute atomic E-state index is 0.162. The molecule has 0 aromatic carbocycles. The summed E-state index contributed by atoms with van der Waals surface area (Å²) in [4.78, 5) is 4.11. The molecule has 0 aliphatic heterocycles. The van der Waals surface area contributed by atoms with E-state index in [2.05, 4.69) is 4.99 Å². The third kappa shape index (κ3) is 2.54. The molecule has 0 saturated heterocycles. The zero-order valence-corrected chi connectivity index (χ0v) is 14.8. The van der Waals surface area contributed by atoms with E-state index >= 15 is 8.78 Å². The molecule has 1 N–H and O–H groups in total. The van der Waals surface area contributed by atoms with E-state index < -0.39 is 11.8 Å². The van der Waals surface area contributed by atoms with Gasteiger partial charge < -0.3 is 9.98 Å². The maximum atomic E-state index is 15.1. The third-order valence-electron chi connectivity index (χ3n) is 5.21. The van der Waals surface area contributed by atoms with Crippen LogP contribution in [0.3, 0.4) is 0 Å². The summed E-state index contributed by atoms with van der Waals surface area (Å²) in [7, 11) is 3.50. The maximum Gasteiger partial charge on any atom is 0.282 e. The van der Waals surface area contributed by atoms with Crippen LogP contribution in [0.1, 0.15) is 62.4 Å². The molecule has 3 rings (SSSR count). The molecule has 5 heteroatoms. The van der Waals surface area contributed by atoms with Crippen LogP contribution in [0.5, 0.6) is 0 Å².